The summed E-state index contributed by atoms with van der Waals surface area (Å²) in [6, 6.07) is 0. The fourth-order valence-electron chi connectivity index (χ4n) is 4.56. The number of hydrogen-bond acceptors (Lipinski definition) is 4. The first-order valence-corrected chi connectivity index (χ1v) is 12.9. The summed E-state index contributed by atoms with van der Waals surface area (Å²) in [5, 5.41) is 0. The van der Waals surface area contributed by atoms with Crippen molar-refractivity contribution in [3.05, 3.63) is 0 Å². The molecule has 0 atom stereocenters. The van der Waals surface area contributed by atoms with Gasteiger partial charge in [0.2, 0.25) is 0 Å². The summed E-state index contributed by atoms with van der Waals surface area (Å²) in [7, 11) is 2.36. The van der Waals surface area contributed by atoms with E-state index in [1.165, 1.54) is 77.8 Å². The molecule has 3 aliphatic rings. The molecule has 3 rings (SSSR count). The molecule has 6 heteroatoms. The van der Waals surface area contributed by atoms with Crippen molar-refractivity contribution in [3.8, 4) is 0 Å². The van der Waals surface area contributed by atoms with Gasteiger partial charge in [0.15, 0.2) is 0 Å². The minimum atomic E-state index is -2.46. The molecule has 0 N–H and O–H groups in total. The van der Waals surface area contributed by atoms with E-state index >= 15 is 0 Å². The Bertz CT molecular complexity index is 319. The Kier molecular flexibility index (Phi) is 5.01. The van der Waals surface area contributed by atoms with E-state index in [0.29, 0.717) is 0 Å². The van der Waals surface area contributed by atoms with E-state index < -0.39 is 5.91 Å². The second-order valence-corrected chi connectivity index (χ2v) is 14.7. The van der Waals surface area contributed by atoms with Gasteiger partial charge in [-0.1, -0.05) is 0 Å². The first-order chi connectivity index (χ1) is 10.1. The normalized spacial score (nSPS) is 28.5. The van der Waals surface area contributed by atoms with Crippen LogP contribution in [0.3, 0.4) is 0 Å². The molecule has 0 saturated carbocycles. The van der Waals surface area contributed by atoms with Gasteiger partial charge in [0.05, 0.1) is 0 Å². The van der Waals surface area contributed by atoms with E-state index in [1.54, 1.807) is 0 Å². The topological polar surface area (TPSA) is 13.0 Å². The molecule has 4 nitrogen and oxygen atoms in total. The Hall–Kier alpha value is 0.750. The zero-order valence-corrected chi connectivity index (χ0v) is 16.3. The molecule has 3 fully saturated rings. The summed E-state index contributed by atoms with van der Waals surface area (Å²) in [6.45, 7) is 11.0. The summed E-state index contributed by atoms with van der Waals surface area (Å²) < 4.78 is 11.2. The maximum atomic E-state index is 4.53. The van der Waals surface area contributed by atoms with Gasteiger partial charge in [-0.25, -0.2) is 0 Å². The summed E-state index contributed by atoms with van der Waals surface area (Å²) in [4.78, 5) is 0. The van der Waals surface area contributed by atoms with Crippen molar-refractivity contribution < 1.29 is 0 Å². The molecule has 0 amide bonds. The van der Waals surface area contributed by atoms with Crippen LogP contribution in [0.2, 0.25) is 0 Å². The van der Waals surface area contributed by atoms with E-state index in [4.69, 9.17) is 0 Å². The van der Waals surface area contributed by atoms with Crippen molar-refractivity contribution in [1.82, 2.24) is 18.7 Å². The molecule has 3 heterocycles. The zero-order valence-electron chi connectivity index (χ0n) is 13.8. The van der Waals surface area contributed by atoms with Gasteiger partial charge in [-0.2, -0.15) is 0 Å². The quantitative estimate of drug-likeness (QED) is 0.675. The van der Waals surface area contributed by atoms with Crippen LogP contribution in [-0.2, 0) is 0 Å². The third-order valence-corrected chi connectivity index (χ3v) is 17.0. The average Bonchev–Trinajstić information content (AvgIpc) is 3.29. The standard InChI is InChI=1S/C15H32BrN4P/c1-3-17(2)21(16,18-10-4-5-11-18,19-12-6-7-13-19)20-14-8-9-15-20/h3-15H2,1-2H3. The summed E-state index contributed by atoms with van der Waals surface area (Å²) in [6.07, 6.45) is 8.18. The van der Waals surface area contributed by atoms with E-state index in [0.717, 1.165) is 6.54 Å². The van der Waals surface area contributed by atoms with Crippen LogP contribution in [0.1, 0.15) is 45.4 Å². The predicted molar refractivity (Wildman–Crippen MR) is 96.6 cm³/mol. The van der Waals surface area contributed by atoms with Crippen molar-refractivity contribution in [2.45, 2.75) is 45.4 Å². The first kappa shape index (κ1) is 16.6. The van der Waals surface area contributed by atoms with Gasteiger partial charge in [-0.3, -0.25) is 0 Å². The van der Waals surface area contributed by atoms with Crippen molar-refractivity contribution in [2.24, 2.45) is 0 Å². The predicted octanol–water partition coefficient (Wildman–Crippen LogP) is 3.75. The molecule has 0 unspecified atom stereocenters. The fraction of sp³-hybridized carbons (Fsp3) is 1.00. The maximum absolute atomic E-state index is 4.53. The Morgan fingerprint density at radius 2 is 1.05 bits per heavy atom. The van der Waals surface area contributed by atoms with Gasteiger partial charge in [-0.15, -0.1) is 0 Å². The SMILES string of the molecule is CCN(C)P(Br)(N1CCCC1)(N1CCCC1)N1CCCC1. The van der Waals surface area contributed by atoms with E-state index in [2.05, 4.69) is 48.1 Å². The van der Waals surface area contributed by atoms with Gasteiger partial charge in [0.1, 0.15) is 0 Å². The van der Waals surface area contributed by atoms with Crippen LogP contribution in [0.5, 0.6) is 0 Å². The molecule has 0 aromatic carbocycles. The number of rotatable bonds is 5. The Balaban J connectivity index is 2.08. The van der Waals surface area contributed by atoms with E-state index in [9.17, 15) is 0 Å². The second-order valence-electron chi connectivity index (χ2n) is 6.80. The molecule has 21 heavy (non-hydrogen) atoms. The van der Waals surface area contributed by atoms with Crippen LogP contribution in [0.15, 0.2) is 0 Å². The second kappa shape index (κ2) is 6.33. The van der Waals surface area contributed by atoms with Gasteiger partial charge in [0.25, 0.3) is 0 Å². The molecule has 0 aromatic heterocycles. The molecule has 0 bridgehead atoms. The molecule has 3 saturated heterocycles. The zero-order chi connectivity index (χ0) is 14.9. The van der Waals surface area contributed by atoms with Crippen molar-refractivity contribution >= 4 is 21.4 Å². The summed E-state index contributed by atoms with van der Waals surface area (Å²) in [5.41, 5.74) is 0. The third-order valence-electron chi connectivity index (χ3n) is 5.75. The molecule has 0 spiro atoms. The van der Waals surface area contributed by atoms with Crippen LogP contribution in [0.4, 0.5) is 0 Å². The molecule has 0 aromatic rings. The van der Waals surface area contributed by atoms with Gasteiger partial charge < -0.3 is 0 Å². The van der Waals surface area contributed by atoms with Crippen LogP contribution >= 0.6 is 21.4 Å². The number of hydrogen-bond donors (Lipinski definition) is 0. The Morgan fingerprint density at radius 1 is 0.762 bits per heavy atom. The van der Waals surface area contributed by atoms with Crippen molar-refractivity contribution in [2.75, 3.05) is 52.9 Å². The molecular weight excluding hydrogens is 347 g/mol. The Labute approximate surface area is 138 Å². The molecule has 0 aliphatic carbocycles. The monoisotopic (exact) mass is 378 g/mol. The Morgan fingerprint density at radius 3 is 1.29 bits per heavy atom. The fourth-order valence-corrected chi connectivity index (χ4v) is 13.9. The summed E-state index contributed by atoms with van der Waals surface area (Å²) in [5.74, 6) is -2.46. The molecule has 124 valence electrons. The third kappa shape index (κ3) is 2.35. The van der Waals surface area contributed by atoms with Crippen LogP contribution in [0.25, 0.3) is 0 Å². The van der Waals surface area contributed by atoms with Crippen LogP contribution in [0, 0.1) is 0 Å². The van der Waals surface area contributed by atoms with Gasteiger partial charge in [-0.05, 0) is 0 Å². The minimum absolute atomic E-state index is 1.12. The molecule has 3 aliphatic heterocycles. The average molecular weight is 379 g/mol. The first-order valence-electron chi connectivity index (χ1n) is 8.84. The van der Waals surface area contributed by atoms with Gasteiger partial charge in [0, 0.05) is 0 Å². The van der Waals surface area contributed by atoms with Gasteiger partial charge >= 0.3 is 138 Å². The van der Waals surface area contributed by atoms with Crippen LogP contribution < -0.4 is 0 Å². The number of halogens is 1. The number of nitrogens with zero attached hydrogens (tertiary/aromatic N) is 4. The van der Waals surface area contributed by atoms with Crippen LogP contribution in [-0.4, -0.2) is 71.5 Å². The van der Waals surface area contributed by atoms with E-state index in [1.807, 2.05) is 0 Å². The van der Waals surface area contributed by atoms with Crippen molar-refractivity contribution in [3.63, 3.8) is 0 Å². The van der Waals surface area contributed by atoms with E-state index in [-0.39, 0.29) is 0 Å². The molecule has 0 radical (unpaired) electrons. The van der Waals surface area contributed by atoms with Crippen molar-refractivity contribution in [1.29, 1.82) is 0 Å². The summed E-state index contributed by atoms with van der Waals surface area (Å²) >= 11 is 4.53. The molecular formula is C15H32BrN4P.